The number of aromatic nitrogens is 2. The molecule has 2 N–H and O–H groups in total. The van der Waals surface area contributed by atoms with Gasteiger partial charge in [-0.25, -0.2) is 0 Å². The Hall–Kier alpha value is -4.46. The number of carbonyl (C=O) groups excluding carboxylic acids is 1. The van der Waals surface area contributed by atoms with Gasteiger partial charge in [0.05, 0.1) is 27.0 Å². The van der Waals surface area contributed by atoms with Crippen LogP contribution in [-0.4, -0.2) is 37.4 Å². The molecule has 0 bridgehead atoms. The zero-order valence-electron chi connectivity index (χ0n) is 19.8. The van der Waals surface area contributed by atoms with E-state index >= 15 is 0 Å². The zero-order chi connectivity index (χ0) is 24.6. The molecule has 1 amide bonds. The van der Waals surface area contributed by atoms with Gasteiger partial charge in [-0.3, -0.25) is 9.89 Å². The average molecular weight is 474 g/mol. The number of H-pyrrole nitrogens is 1. The van der Waals surface area contributed by atoms with Gasteiger partial charge in [0.15, 0.2) is 11.5 Å². The molecule has 8 nitrogen and oxygen atoms in total. The van der Waals surface area contributed by atoms with Crippen LogP contribution in [0.1, 0.15) is 21.6 Å². The summed E-state index contributed by atoms with van der Waals surface area (Å²) in [6.45, 7) is 0.876. The van der Waals surface area contributed by atoms with Crippen molar-refractivity contribution in [1.29, 1.82) is 0 Å². The van der Waals surface area contributed by atoms with Crippen LogP contribution in [0.4, 0.5) is 0 Å². The Balaban J connectivity index is 1.36. The SMILES string of the molecule is COc1cc(-c2cc(C(=O)NCc3ccc(OCc4ccccc4)cc3)[nH]n2)cc(OC)c1OC. The molecule has 35 heavy (non-hydrogen) atoms. The molecule has 0 aliphatic carbocycles. The summed E-state index contributed by atoms with van der Waals surface area (Å²) in [5.41, 5.74) is 3.70. The van der Waals surface area contributed by atoms with Crippen LogP contribution < -0.4 is 24.3 Å². The number of carbonyl (C=O) groups is 1. The van der Waals surface area contributed by atoms with E-state index in [0.717, 1.165) is 22.4 Å². The number of hydrogen-bond donors (Lipinski definition) is 2. The van der Waals surface area contributed by atoms with Crippen LogP contribution in [0, 0.1) is 0 Å². The number of hydrogen-bond acceptors (Lipinski definition) is 6. The summed E-state index contributed by atoms with van der Waals surface area (Å²) in [7, 11) is 4.64. The van der Waals surface area contributed by atoms with E-state index in [1.165, 1.54) is 0 Å². The van der Waals surface area contributed by atoms with Gasteiger partial charge < -0.3 is 24.3 Å². The molecule has 4 aromatic rings. The van der Waals surface area contributed by atoms with Gasteiger partial charge in [0.25, 0.3) is 5.91 Å². The molecule has 0 aliphatic heterocycles. The standard InChI is InChI=1S/C27H27N3O5/c1-32-24-13-20(14-25(33-2)26(24)34-3)22-15-23(30-29-22)27(31)28-16-18-9-11-21(12-10-18)35-17-19-7-5-4-6-8-19/h4-15H,16-17H2,1-3H3,(H,28,31)(H,29,30). The van der Waals surface area contributed by atoms with E-state index in [9.17, 15) is 4.79 Å². The fourth-order valence-electron chi connectivity index (χ4n) is 3.54. The molecule has 0 saturated heterocycles. The molecule has 1 aromatic heterocycles. The summed E-state index contributed by atoms with van der Waals surface area (Å²) in [6.07, 6.45) is 0. The molecule has 0 spiro atoms. The molecule has 0 aliphatic rings. The lowest BCUT2D eigenvalue weighted by Gasteiger charge is -2.13. The van der Waals surface area contributed by atoms with E-state index in [4.69, 9.17) is 18.9 Å². The van der Waals surface area contributed by atoms with Crippen molar-refractivity contribution < 1.29 is 23.7 Å². The molecule has 180 valence electrons. The molecule has 0 fully saturated rings. The predicted octanol–water partition coefficient (Wildman–Crippen LogP) is 4.61. The van der Waals surface area contributed by atoms with Crippen LogP contribution >= 0.6 is 0 Å². The Bertz CT molecular complexity index is 1240. The Labute approximate surface area is 203 Å². The highest BCUT2D eigenvalue weighted by Gasteiger charge is 2.17. The van der Waals surface area contributed by atoms with Gasteiger partial charge in [0.1, 0.15) is 18.1 Å². The van der Waals surface area contributed by atoms with Crippen molar-refractivity contribution in [2.75, 3.05) is 21.3 Å². The van der Waals surface area contributed by atoms with Crippen molar-refractivity contribution in [1.82, 2.24) is 15.5 Å². The largest absolute Gasteiger partial charge is 0.493 e. The third-order valence-electron chi connectivity index (χ3n) is 5.41. The number of benzene rings is 3. The first-order valence-electron chi connectivity index (χ1n) is 11.0. The van der Waals surface area contributed by atoms with Crippen LogP contribution in [0.5, 0.6) is 23.0 Å². The fourth-order valence-corrected chi connectivity index (χ4v) is 3.54. The quantitative estimate of drug-likeness (QED) is 0.349. The van der Waals surface area contributed by atoms with E-state index in [2.05, 4.69) is 15.5 Å². The van der Waals surface area contributed by atoms with Crippen LogP contribution in [0.25, 0.3) is 11.3 Å². The normalized spacial score (nSPS) is 10.5. The Morgan fingerprint density at radius 3 is 2.17 bits per heavy atom. The summed E-state index contributed by atoms with van der Waals surface area (Å²) in [5.74, 6) is 2.01. The molecular weight excluding hydrogens is 446 g/mol. The van der Waals surface area contributed by atoms with E-state index in [1.807, 2.05) is 54.6 Å². The number of ether oxygens (including phenoxy) is 4. The molecule has 8 heteroatoms. The van der Waals surface area contributed by atoms with Crippen molar-refractivity contribution in [2.45, 2.75) is 13.2 Å². The summed E-state index contributed by atoms with van der Waals surface area (Å²) < 4.78 is 22.0. The second-order valence-corrected chi connectivity index (χ2v) is 7.68. The zero-order valence-corrected chi connectivity index (χ0v) is 19.8. The number of nitrogens with one attached hydrogen (secondary N) is 2. The van der Waals surface area contributed by atoms with Crippen molar-refractivity contribution in [3.05, 3.63) is 89.6 Å². The van der Waals surface area contributed by atoms with E-state index in [-0.39, 0.29) is 5.91 Å². The molecule has 0 atom stereocenters. The van der Waals surface area contributed by atoms with Crippen LogP contribution in [0.3, 0.4) is 0 Å². The lowest BCUT2D eigenvalue weighted by Crippen LogP contribution is -2.23. The van der Waals surface area contributed by atoms with Gasteiger partial charge >= 0.3 is 0 Å². The average Bonchev–Trinajstić information content (AvgIpc) is 3.41. The number of rotatable bonds is 10. The van der Waals surface area contributed by atoms with Gasteiger partial charge in [0.2, 0.25) is 5.75 Å². The topological polar surface area (TPSA) is 94.7 Å². The first-order valence-corrected chi connectivity index (χ1v) is 11.0. The Morgan fingerprint density at radius 1 is 0.857 bits per heavy atom. The monoisotopic (exact) mass is 473 g/mol. The van der Waals surface area contributed by atoms with Crippen LogP contribution in [-0.2, 0) is 13.2 Å². The summed E-state index contributed by atoms with van der Waals surface area (Å²) in [6, 6.07) is 22.9. The molecular formula is C27H27N3O5. The van der Waals surface area contributed by atoms with E-state index < -0.39 is 0 Å². The molecule has 0 saturated carbocycles. The third-order valence-corrected chi connectivity index (χ3v) is 5.41. The van der Waals surface area contributed by atoms with Gasteiger partial charge in [-0.05, 0) is 41.5 Å². The lowest BCUT2D eigenvalue weighted by molar-refractivity contribution is 0.0946. The number of aromatic amines is 1. The van der Waals surface area contributed by atoms with Gasteiger partial charge in [-0.15, -0.1) is 0 Å². The highest BCUT2D eigenvalue weighted by molar-refractivity contribution is 5.93. The molecule has 4 rings (SSSR count). The maximum Gasteiger partial charge on any atom is 0.269 e. The van der Waals surface area contributed by atoms with Crippen LogP contribution in [0.15, 0.2) is 72.8 Å². The Kier molecular flexibility index (Phi) is 7.52. The number of amides is 1. The minimum absolute atomic E-state index is 0.263. The van der Waals surface area contributed by atoms with Crippen molar-refractivity contribution in [3.8, 4) is 34.3 Å². The molecule has 0 unspecified atom stereocenters. The van der Waals surface area contributed by atoms with E-state index in [0.29, 0.717) is 41.8 Å². The smallest absolute Gasteiger partial charge is 0.269 e. The van der Waals surface area contributed by atoms with Gasteiger partial charge in [-0.2, -0.15) is 5.10 Å². The highest BCUT2D eigenvalue weighted by Crippen LogP contribution is 2.40. The first-order chi connectivity index (χ1) is 17.1. The van der Waals surface area contributed by atoms with Crippen molar-refractivity contribution >= 4 is 5.91 Å². The lowest BCUT2D eigenvalue weighted by atomic mass is 10.1. The fraction of sp³-hybridized carbons (Fsp3) is 0.185. The number of nitrogens with zero attached hydrogens (tertiary/aromatic N) is 1. The minimum atomic E-state index is -0.263. The molecule has 1 heterocycles. The first kappa shape index (κ1) is 23.7. The maximum absolute atomic E-state index is 12.7. The van der Waals surface area contributed by atoms with Crippen molar-refractivity contribution in [2.24, 2.45) is 0 Å². The summed E-state index contributed by atoms with van der Waals surface area (Å²) in [4.78, 5) is 12.7. The van der Waals surface area contributed by atoms with Crippen molar-refractivity contribution in [3.63, 3.8) is 0 Å². The summed E-state index contributed by atoms with van der Waals surface area (Å²) >= 11 is 0. The number of methoxy groups -OCH3 is 3. The minimum Gasteiger partial charge on any atom is -0.493 e. The van der Waals surface area contributed by atoms with E-state index in [1.54, 1.807) is 39.5 Å². The second kappa shape index (κ2) is 11.1. The Morgan fingerprint density at radius 2 is 1.54 bits per heavy atom. The summed E-state index contributed by atoms with van der Waals surface area (Å²) in [5, 5.41) is 9.96. The van der Waals surface area contributed by atoms with Gasteiger partial charge in [-0.1, -0.05) is 42.5 Å². The molecule has 0 radical (unpaired) electrons. The highest BCUT2D eigenvalue weighted by atomic mass is 16.5. The third kappa shape index (κ3) is 5.73. The van der Waals surface area contributed by atoms with Crippen LogP contribution in [0.2, 0.25) is 0 Å². The van der Waals surface area contributed by atoms with Gasteiger partial charge in [0, 0.05) is 12.1 Å². The molecule has 3 aromatic carbocycles. The second-order valence-electron chi connectivity index (χ2n) is 7.68. The maximum atomic E-state index is 12.7. The predicted molar refractivity (Wildman–Crippen MR) is 132 cm³/mol.